The van der Waals surface area contributed by atoms with Crippen LogP contribution in [0.4, 0.5) is 4.79 Å². The molecule has 0 bridgehead atoms. The van der Waals surface area contributed by atoms with E-state index >= 15 is 0 Å². The molecular weight excluding hydrogens is 392 g/mol. The Kier molecular flexibility index (Phi) is 7.54. The molecule has 0 radical (unpaired) electrons. The lowest BCUT2D eigenvalue weighted by Crippen LogP contribution is -2.56. The van der Waals surface area contributed by atoms with Crippen LogP contribution >= 0.6 is 0 Å². The summed E-state index contributed by atoms with van der Waals surface area (Å²) in [5, 5.41) is 0. The van der Waals surface area contributed by atoms with Crippen LogP contribution in [0.5, 0.6) is 0 Å². The van der Waals surface area contributed by atoms with Crippen LogP contribution < -0.4 is 4.72 Å². The summed E-state index contributed by atoms with van der Waals surface area (Å²) in [6.07, 6.45) is 5.36. The molecule has 1 aromatic carbocycles. The predicted molar refractivity (Wildman–Crippen MR) is 111 cm³/mol. The number of rotatable bonds is 6. The van der Waals surface area contributed by atoms with E-state index < -0.39 is 16.1 Å². The van der Waals surface area contributed by atoms with Gasteiger partial charge in [0.15, 0.2) is 0 Å². The number of carbonyl (C=O) groups excluding carboxylic acids is 1. The minimum atomic E-state index is -3.35. The zero-order valence-corrected chi connectivity index (χ0v) is 18.1. The molecule has 2 atom stereocenters. The lowest BCUT2D eigenvalue weighted by atomic mass is 9.79. The number of piperidine rings is 1. The maximum Gasteiger partial charge on any atom is 0.409 e. The van der Waals surface area contributed by atoms with Crippen molar-refractivity contribution in [2.45, 2.75) is 50.2 Å². The molecule has 3 rings (SSSR count). The number of methoxy groups -OCH3 is 1. The quantitative estimate of drug-likeness (QED) is 0.759. The number of amides is 1. The van der Waals surface area contributed by atoms with Crippen LogP contribution in [0.1, 0.15) is 43.6 Å². The highest BCUT2D eigenvalue weighted by molar-refractivity contribution is 7.88. The molecule has 2 fully saturated rings. The summed E-state index contributed by atoms with van der Waals surface area (Å²) >= 11 is 0. The largest absolute Gasteiger partial charge is 0.453 e. The van der Waals surface area contributed by atoms with E-state index in [9.17, 15) is 13.2 Å². The summed E-state index contributed by atoms with van der Waals surface area (Å²) in [5.74, 6) is 1.07. The summed E-state index contributed by atoms with van der Waals surface area (Å²) < 4.78 is 37.1. The smallest absolute Gasteiger partial charge is 0.409 e. The standard InChI is InChI=1S/C21H32N2O5S/c1-27-21(24)23-13-12-19(22-29(2,25)26)20(14-23)28-15-16-8-10-18(11-9-16)17-6-4-3-5-7-17/h3-7,16,18-20,22H,8-15H2,1-2H3/t16?,18?,19-,20?/m0/s1. The number of nitrogens with zero attached hydrogens (tertiary/aromatic N) is 1. The normalized spacial score (nSPS) is 28.1. The van der Waals surface area contributed by atoms with Crippen molar-refractivity contribution in [3.63, 3.8) is 0 Å². The van der Waals surface area contributed by atoms with Crippen LogP contribution in [-0.2, 0) is 19.5 Å². The number of ether oxygens (including phenoxy) is 2. The summed E-state index contributed by atoms with van der Waals surface area (Å²) in [4.78, 5) is 13.5. The molecule has 0 aromatic heterocycles. The van der Waals surface area contributed by atoms with Gasteiger partial charge in [-0.05, 0) is 49.5 Å². The lowest BCUT2D eigenvalue weighted by Gasteiger charge is -2.38. The zero-order valence-electron chi connectivity index (χ0n) is 17.2. The highest BCUT2D eigenvalue weighted by Crippen LogP contribution is 2.36. The zero-order chi connectivity index (χ0) is 20.9. The number of nitrogens with one attached hydrogen (secondary N) is 1. The fourth-order valence-corrected chi connectivity index (χ4v) is 5.26. The molecule has 1 saturated carbocycles. The molecule has 1 amide bonds. The van der Waals surface area contributed by atoms with E-state index in [1.807, 2.05) is 6.07 Å². The van der Waals surface area contributed by atoms with Gasteiger partial charge in [-0.1, -0.05) is 30.3 Å². The van der Waals surface area contributed by atoms with E-state index in [0.29, 0.717) is 38.0 Å². The molecule has 8 heteroatoms. The van der Waals surface area contributed by atoms with E-state index in [-0.39, 0.29) is 12.1 Å². The van der Waals surface area contributed by atoms with E-state index in [2.05, 4.69) is 29.0 Å². The van der Waals surface area contributed by atoms with Gasteiger partial charge in [0.05, 0.1) is 32.1 Å². The van der Waals surface area contributed by atoms with Crippen LogP contribution in [0.25, 0.3) is 0 Å². The summed E-state index contributed by atoms with van der Waals surface area (Å²) in [7, 11) is -1.99. The third kappa shape index (κ3) is 6.42. The first kappa shape index (κ1) is 22.1. The first-order valence-electron chi connectivity index (χ1n) is 10.3. The van der Waals surface area contributed by atoms with Gasteiger partial charge in [-0.2, -0.15) is 0 Å². The molecule has 29 heavy (non-hydrogen) atoms. The van der Waals surface area contributed by atoms with Crippen molar-refractivity contribution in [3.05, 3.63) is 35.9 Å². The van der Waals surface area contributed by atoms with E-state index in [1.54, 1.807) is 4.90 Å². The van der Waals surface area contributed by atoms with Crippen molar-refractivity contribution in [2.75, 3.05) is 33.1 Å². The summed E-state index contributed by atoms with van der Waals surface area (Å²) in [6, 6.07) is 10.3. The third-order valence-electron chi connectivity index (χ3n) is 6.02. The second-order valence-corrected chi connectivity index (χ2v) is 9.98. The fourth-order valence-electron chi connectivity index (χ4n) is 4.44. The van der Waals surface area contributed by atoms with Crippen molar-refractivity contribution in [1.82, 2.24) is 9.62 Å². The van der Waals surface area contributed by atoms with Crippen molar-refractivity contribution in [2.24, 2.45) is 5.92 Å². The van der Waals surface area contributed by atoms with Crippen molar-refractivity contribution in [1.29, 1.82) is 0 Å². The van der Waals surface area contributed by atoms with Gasteiger partial charge in [0.25, 0.3) is 0 Å². The van der Waals surface area contributed by atoms with Crippen molar-refractivity contribution >= 4 is 16.1 Å². The van der Waals surface area contributed by atoms with Gasteiger partial charge in [0.2, 0.25) is 10.0 Å². The first-order chi connectivity index (χ1) is 13.9. The maximum atomic E-state index is 11.9. The molecule has 1 aromatic rings. The number of sulfonamides is 1. The topological polar surface area (TPSA) is 84.9 Å². The van der Waals surface area contributed by atoms with Crippen LogP contribution in [0.15, 0.2) is 30.3 Å². The van der Waals surface area contributed by atoms with Crippen molar-refractivity contribution < 1.29 is 22.7 Å². The highest BCUT2D eigenvalue weighted by Gasteiger charge is 2.35. The van der Waals surface area contributed by atoms with E-state index in [4.69, 9.17) is 9.47 Å². The number of likely N-dealkylation sites (tertiary alicyclic amines) is 1. The summed E-state index contributed by atoms with van der Waals surface area (Å²) in [6.45, 7) is 1.37. The van der Waals surface area contributed by atoms with E-state index in [1.165, 1.54) is 12.7 Å². The van der Waals surface area contributed by atoms with Crippen LogP contribution in [0.2, 0.25) is 0 Å². The second kappa shape index (κ2) is 9.91. The van der Waals surface area contributed by atoms with Gasteiger partial charge in [0.1, 0.15) is 0 Å². The van der Waals surface area contributed by atoms with Gasteiger partial charge < -0.3 is 14.4 Å². The molecule has 0 spiro atoms. The van der Waals surface area contributed by atoms with Crippen molar-refractivity contribution in [3.8, 4) is 0 Å². The Morgan fingerprint density at radius 3 is 2.45 bits per heavy atom. The Morgan fingerprint density at radius 1 is 1.14 bits per heavy atom. The first-order valence-corrected chi connectivity index (χ1v) is 12.2. The Balaban J connectivity index is 1.53. The molecule has 1 aliphatic heterocycles. The molecule has 162 valence electrons. The SMILES string of the molecule is COC(=O)N1CC[C@H](NS(C)(=O)=O)C(OCC2CCC(c3ccccc3)CC2)C1. The highest BCUT2D eigenvalue weighted by atomic mass is 32.2. The molecule has 2 aliphatic rings. The van der Waals surface area contributed by atoms with E-state index in [0.717, 1.165) is 31.9 Å². The minimum absolute atomic E-state index is 0.327. The second-order valence-electron chi connectivity index (χ2n) is 8.20. The number of hydrogen-bond donors (Lipinski definition) is 1. The molecule has 1 heterocycles. The van der Waals surface area contributed by atoms with Crippen LogP contribution in [0, 0.1) is 5.92 Å². The molecule has 1 N–H and O–H groups in total. The Bertz CT molecular complexity index is 763. The third-order valence-corrected chi connectivity index (χ3v) is 6.75. The van der Waals surface area contributed by atoms with Crippen LogP contribution in [0.3, 0.4) is 0 Å². The Hall–Kier alpha value is -1.64. The minimum Gasteiger partial charge on any atom is -0.453 e. The van der Waals surface area contributed by atoms with Crippen LogP contribution in [-0.4, -0.2) is 64.6 Å². The Labute approximate surface area is 173 Å². The molecule has 1 unspecified atom stereocenters. The number of hydrogen-bond acceptors (Lipinski definition) is 5. The lowest BCUT2D eigenvalue weighted by molar-refractivity contribution is -0.0330. The van der Waals surface area contributed by atoms with Gasteiger partial charge in [0, 0.05) is 13.2 Å². The molecule has 1 aliphatic carbocycles. The predicted octanol–water partition coefficient (Wildman–Crippen LogP) is 2.74. The average molecular weight is 425 g/mol. The van der Waals surface area contributed by atoms with Gasteiger partial charge in [-0.3, -0.25) is 0 Å². The van der Waals surface area contributed by atoms with Gasteiger partial charge >= 0.3 is 6.09 Å². The van der Waals surface area contributed by atoms with Gasteiger partial charge in [-0.15, -0.1) is 0 Å². The monoisotopic (exact) mass is 424 g/mol. The Morgan fingerprint density at radius 2 is 1.83 bits per heavy atom. The average Bonchev–Trinajstić information content (AvgIpc) is 2.72. The molecule has 7 nitrogen and oxygen atoms in total. The number of carbonyl (C=O) groups is 1. The number of benzene rings is 1. The van der Waals surface area contributed by atoms with Gasteiger partial charge in [-0.25, -0.2) is 17.9 Å². The molecule has 1 saturated heterocycles. The fraction of sp³-hybridized carbons (Fsp3) is 0.667. The maximum absolute atomic E-state index is 11.9. The molecular formula is C21H32N2O5S. The summed E-state index contributed by atoms with van der Waals surface area (Å²) in [5.41, 5.74) is 1.41.